The average molecular weight is 289 g/mol. The number of nitrogens with two attached hydrogens (primary N) is 1. The van der Waals surface area contributed by atoms with Crippen molar-refractivity contribution in [3.63, 3.8) is 0 Å². The Kier molecular flexibility index (Phi) is 4.75. The quantitative estimate of drug-likeness (QED) is 0.915. The second-order valence-corrected chi connectivity index (χ2v) is 6.27. The van der Waals surface area contributed by atoms with E-state index >= 15 is 0 Å². The maximum absolute atomic E-state index is 6.15. The van der Waals surface area contributed by atoms with Crippen LogP contribution in [0.5, 0.6) is 0 Å². The van der Waals surface area contributed by atoms with E-state index in [1.54, 1.807) is 7.11 Å². The van der Waals surface area contributed by atoms with Crippen molar-refractivity contribution in [1.29, 1.82) is 0 Å². The fourth-order valence-electron chi connectivity index (χ4n) is 2.31. The van der Waals surface area contributed by atoms with Gasteiger partial charge in [-0.05, 0) is 17.4 Å². The molecule has 2 rings (SSSR count). The molecule has 0 fully saturated rings. The van der Waals surface area contributed by atoms with Gasteiger partial charge in [0, 0.05) is 7.11 Å². The highest BCUT2D eigenvalue weighted by Gasteiger charge is 2.31. The predicted molar refractivity (Wildman–Crippen MR) is 80.6 cm³/mol. The number of hydrogen-bond donors (Lipinski definition) is 1. The molecule has 1 heterocycles. The monoisotopic (exact) mass is 289 g/mol. The molecule has 2 aromatic rings. The van der Waals surface area contributed by atoms with Crippen LogP contribution in [0.2, 0.25) is 0 Å². The van der Waals surface area contributed by atoms with Gasteiger partial charge in [0.05, 0.1) is 6.04 Å². The van der Waals surface area contributed by atoms with E-state index in [4.69, 9.17) is 15.0 Å². The molecule has 0 radical (unpaired) electrons. The number of nitrogens with zero attached hydrogens (tertiary/aromatic N) is 2. The number of methoxy groups -OCH3 is 1. The second-order valence-electron chi connectivity index (χ2n) is 6.27. The lowest BCUT2D eigenvalue weighted by Gasteiger charge is -2.26. The van der Waals surface area contributed by atoms with Gasteiger partial charge in [0.15, 0.2) is 0 Å². The van der Waals surface area contributed by atoms with Gasteiger partial charge in [-0.15, -0.1) is 0 Å². The van der Waals surface area contributed by atoms with Crippen LogP contribution < -0.4 is 5.73 Å². The summed E-state index contributed by atoms with van der Waals surface area (Å²) in [6.07, 6.45) is 0.439. The molecule has 0 spiro atoms. The number of rotatable bonds is 5. The highest BCUT2D eigenvalue weighted by Crippen LogP contribution is 2.34. The summed E-state index contributed by atoms with van der Waals surface area (Å²) in [7, 11) is 1.65. The molecule has 0 saturated heterocycles. The number of hydrogen-bond acceptors (Lipinski definition) is 5. The van der Waals surface area contributed by atoms with Crippen molar-refractivity contribution >= 4 is 0 Å². The van der Waals surface area contributed by atoms with Crippen molar-refractivity contribution in [3.05, 3.63) is 47.6 Å². The van der Waals surface area contributed by atoms with Crippen LogP contribution in [0.3, 0.4) is 0 Å². The first-order chi connectivity index (χ1) is 9.91. The van der Waals surface area contributed by atoms with Crippen molar-refractivity contribution in [2.24, 2.45) is 11.1 Å². The van der Waals surface area contributed by atoms with E-state index in [-0.39, 0.29) is 17.6 Å². The Bertz CT molecular complexity index is 560. The smallest absolute Gasteiger partial charge is 0.243 e. The summed E-state index contributed by atoms with van der Waals surface area (Å²) in [5.41, 5.74) is 7.18. The van der Waals surface area contributed by atoms with Crippen molar-refractivity contribution in [1.82, 2.24) is 10.1 Å². The van der Waals surface area contributed by atoms with Crippen LogP contribution in [0.1, 0.15) is 50.2 Å². The molecule has 0 amide bonds. The zero-order valence-corrected chi connectivity index (χ0v) is 13.0. The third kappa shape index (κ3) is 3.89. The van der Waals surface area contributed by atoms with Crippen molar-refractivity contribution < 1.29 is 9.26 Å². The van der Waals surface area contributed by atoms with E-state index in [9.17, 15) is 0 Å². The summed E-state index contributed by atoms with van der Waals surface area (Å²) in [5.74, 6) is 0.990. The molecule has 0 aliphatic carbocycles. The molecule has 0 saturated carbocycles. The fraction of sp³-hybridized carbons (Fsp3) is 0.500. The van der Waals surface area contributed by atoms with Gasteiger partial charge in [0.2, 0.25) is 11.7 Å². The van der Waals surface area contributed by atoms with Crippen LogP contribution in [0, 0.1) is 5.41 Å². The highest BCUT2D eigenvalue weighted by atomic mass is 16.5. The van der Waals surface area contributed by atoms with Gasteiger partial charge in [-0.2, -0.15) is 4.98 Å². The van der Waals surface area contributed by atoms with Gasteiger partial charge in [-0.3, -0.25) is 0 Å². The number of ether oxygens (including phenoxy) is 1. The zero-order chi connectivity index (χ0) is 15.5. The summed E-state index contributed by atoms with van der Waals surface area (Å²) < 4.78 is 10.8. The van der Waals surface area contributed by atoms with E-state index in [0.717, 1.165) is 5.56 Å². The minimum Gasteiger partial charge on any atom is -0.373 e. The molecule has 2 unspecified atom stereocenters. The minimum atomic E-state index is -0.314. The molecule has 1 aromatic heterocycles. The Morgan fingerprint density at radius 3 is 2.48 bits per heavy atom. The summed E-state index contributed by atoms with van der Waals surface area (Å²) in [6.45, 7) is 6.21. The van der Waals surface area contributed by atoms with E-state index in [1.165, 1.54) is 0 Å². The Labute approximate surface area is 125 Å². The maximum Gasteiger partial charge on any atom is 0.243 e. The first kappa shape index (κ1) is 15.7. The van der Waals surface area contributed by atoms with E-state index < -0.39 is 0 Å². The molecule has 5 heteroatoms. The lowest BCUT2D eigenvalue weighted by Crippen LogP contribution is -2.21. The lowest BCUT2D eigenvalue weighted by molar-refractivity contribution is 0.00718. The fourth-order valence-corrected chi connectivity index (χ4v) is 2.31. The Morgan fingerprint density at radius 1 is 1.24 bits per heavy atom. The van der Waals surface area contributed by atoms with Crippen LogP contribution >= 0.6 is 0 Å². The molecule has 0 aliphatic rings. The summed E-state index contributed by atoms with van der Waals surface area (Å²) in [4.78, 5) is 4.42. The maximum atomic E-state index is 6.15. The van der Waals surface area contributed by atoms with Gasteiger partial charge in [-0.25, -0.2) is 0 Å². The van der Waals surface area contributed by atoms with Gasteiger partial charge in [0.1, 0.15) is 6.10 Å². The summed E-state index contributed by atoms with van der Waals surface area (Å²) in [6, 6.07) is 9.70. The Balaban J connectivity index is 2.12. The summed E-state index contributed by atoms with van der Waals surface area (Å²) in [5, 5.41) is 4.03. The number of benzene rings is 1. The van der Waals surface area contributed by atoms with Crippen molar-refractivity contribution in [3.8, 4) is 0 Å². The first-order valence-corrected chi connectivity index (χ1v) is 7.07. The average Bonchev–Trinajstić information content (AvgIpc) is 2.88. The van der Waals surface area contributed by atoms with E-state index in [1.807, 2.05) is 30.3 Å². The molecular weight excluding hydrogens is 266 g/mol. The third-order valence-corrected chi connectivity index (χ3v) is 3.33. The largest absolute Gasteiger partial charge is 0.373 e. The zero-order valence-electron chi connectivity index (χ0n) is 13.0. The molecule has 0 aliphatic heterocycles. The molecule has 1 aromatic carbocycles. The molecular formula is C16H23N3O2. The molecule has 0 bridgehead atoms. The van der Waals surface area contributed by atoms with Gasteiger partial charge >= 0.3 is 0 Å². The summed E-state index contributed by atoms with van der Waals surface area (Å²) >= 11 is 0. The van der Waals surface area contributed by atoms with Crippen molar-refractivity contribution in [2.75, 3.05) is 7.11 Å². The van der Waals surface area contributed by atoms with Crippen molar-refractivity contribution in [2.45, 2.75) is 39.3 Å². The number of aromatic nitrogens is 2. The third-order valence-electron chi connectivity index (χ3n) is 3.33. The highest BCUT2D eigenvalue weighted by molar-refractivity contribution is 5.16. The van der Waals surface area contributed by atoms with Crippen LogP contribution in [0.15, 0.2) is 34.9 Å². The molecule has 5 nitrogen and oxygen atoms in total. The second kappa shape index (κ2) is 6.37. The molecule has 2 N–H and O–H groups in total. The first-order valence-electron chi connectivity index (χ1n) is 7.07. The minimum absolute atomic E-state index is 0.112. The SMILES string of the molecule is COC(c1noc(C(N)Cc2ccccc2)n1)C(C)(C)C. The van der Waals surface area contributed by atoms with Gasteiger partial charge in [-0.1, -0.05) is 56.3 Å². The normalized spacial score (nSPS) is 14.9. The molecule has 21 heavy (non-hydrogen) atoms. The lowest BCUT2D eigenvalue weighted by atomic mass is 9.88. The standard InChI is InChI=1S/C16H23N3O2/c1-16(2,3)13(20-4)14-18-15(21-19-14)12(17)10-11-8-6-5-7-9-11/h5-9,12-13H,10,17H2,1-4H3. The Hall–Kier alpha value is -1.72. The van der Waals surface area contributed by atoms with Gasteiger partial charge in [0.25, 0.3) is 0 Å². The van der Waals surface area contributed by atoms with E-state index in [0.29, 0.717) is 18.1 Å². The van der Waals surface area contributed by atoms with E-state index in [2.05, 4.69) is 30.9 Å². The van der Waals surface area contributed by atoms with Gasteiger partial charge < -0.3 is 15.0 Å². The van der Waals surface area contributed by atoms with Crippen LogP contribution in [-0.4, -0.2) is 17.3 Å². The van der Waals surface area contributed by atoms with Crippen LogP contribution in [0.4, 0.5) is 0 Å². The topological polar surface area (TPSA) is 74.2 Å². The molecule has 114 valence electrons. The van der Waals surface area contributed by atoms with Crippen LogP contribution in [0.25, 0.3) is 0 Å². The van der Waals surface area contributed by atoms with Crippen LogP contribution in [-0.2, 0) is 11.2 Å². The Morgan fingerprint density at radius 2 is 1.90 bits per heavy atom. The predicted octanol–water partition coefficient (Wildman–Crippen LogP) is 3.05. The molecule has 2 atom stereocenters.